The summed E-state index contributed by atoms with van der Waals surface area (Å²) in [5, 5.41) is 25.8. The van der Waals surface area contributed by atoms with E-state index in [4.69, 9.17) is 5.73 Å². The van der Waals surface area contributed by atoms with Crippen molar-refractivity contribution in [2.45, 2.75) is 58.3 Å². The minimum atomic E-state index is -1.36. The topological polar surface area (TPSA) is 171 Å². The molecule has 0 saturated heterocycles. The SMILES string of the molecule is CCC(C)C(NC(=O)C(NC(=O)CNC(=O)C(C)N)C(C)O)C(=O)O. The molecule has 0 aliphatic rings. The molecule has 5 atom stereocenters. The minimum absolute atomic E-state index is 0.336. The highest BCUT2D eigenvalue weighted by molar-refractivity contribution is 5.92. The number of nitrogens with one attached hydrogen (secondary N) is 3. The van der Waals surface area contributed by atoms with Crippen molar-refractivity contribution in [3.05, 3.63) is 0 Å². The highest BCUT2D eigenvalue weighted by Crippen LogP contribution is 2.08. The number of carbonyl (C=O) groups excluding carboxylic acids is 3. The summed E-state index contributed by atoms with van der Waals surface area (Å²) < 4.78 is 0. The van der Waals surface area contributed by atoms with Crippen LogP contribution in [-0.2, 0) is 19.2 Å². The van der Waals surface area contributed by atoms with E-state index in [0.29, 0.717) is 6.42 Å². The number of amides is 3. The Balaban J connectivity index is 4.87. The Bertz CT molecular complexity index is 494. The zero-order valence-electron chi connectivity index (χ0n) is 14.9. The largest absolute Gasteiger partial charge is 0.480 e. The van der Waals surface area contributed by atoms with Crippen molar-refractivity contribution in [1.29, 1.82) is 0 Å². The molecule has 3 amide bonds. The Labute approximate surface area is 146 Å². The second-order valence-electron chi connectivity index (χ2n) is 6.00. The van der Waals surface area contributed by atoms with Crippen LogP contribution in [0.3, 0.4) is 0 Å². The quantitative estimate of drug-likeness (QED) is 0.260. The van der Waals surface area contributed by atoms with Crippen LogP contribution in [-0.4, -0.2) is 64.7 Å². The molecule has 0 bridgehead atoms. The lowest BCUT2D eigenvalue weighted by atomic mass is 9.98. The average molecular weight is 360 g/mol. The lowest BCUT2D eigenvalue weighted by Crippen LogP contribution is -2.58. The van der Waals surface area contributed by atoms with Gasteiger partial charge in [0.25, 0.3) is 0 Å². The molecule has 0 aromatic heterocycles. The maximum Gasteiger partial charge on any atom is 0.326 e. The van der Waals surface area contributed by atoms with E-state index in [1.807, 2.05) is 0 Å². The van der Waals surface area contributed by atoms with Gasteiger partial charge in [-0.1, -0.05) is 20.3 Å². The first-order chi connectivity index (χ1) is 11.5. The monoisotopic (exact) mass is 360 g/mol. The van der Waals surface area contributed by atoms with Gasteiger partial charge in [0.2, 0.25) is 17.7 Å². The number of aliphatic hydroxyl groups excluding tert-OH is 1. The molecule has 0 aromatic rings. The van der Waals surface area contributed by atoms with Crippen molar-refractivity contribution in [2.75, 3.05) is 6.54 Å². The number of rotatable bonds is 10. The molecule has 0 radical (unpaired) electrons. The van der Waals surface area contributed by atoms with E-state index in [9.17, 15) is 29.4 Å². The van der Waals surface area contributed by atoms with Crippen LogP contribution >= 0.6 is 0 Å². The van der Waals surface area contributed by atoms with E-state index in [-0.39, 0.29) is 5.92 Å². The average Bonchev–Trinajstić information content (AvgIpc) is 2.53. The fourth-order valence-corrected chi connectivity index (χ4v) is 1.88. The van der Waals surface area contributed by atoms with Gasteiger partial charge in [-0.25, -0.2) is 4.79 Å². The fraction of sp³-hybridized carbons (Fsp3) is 0.733. The van der Waals surface area contributed by atoms with Crippen molar-refractivity contribution in [3.8, 4) is 0 Å². The van der Waals surface area contributed by atoms with Crippen LogP contribution < -0.4 is 21.7 Å². The first-order valence-electron chi connectivity index (χ1n) is 8.05. The molecule has 0 rings (SSSR count). The lowest BCUT2D eigenvalue weighted by Gasteiger charge is -2.25. The highest BCUT2D eigenvalue weighted by Gasteiger charge is 2.31. The molecule has 10 nitrogen and oxygen atoms in total. The zero-order valence-corrected chi connectivity index (χ0v) is 14.9. The Morgan fingerprint density at radius 2 is 1.56 bits per heavy atom. The summed E-state index contributed by atoms with van der Waals surface area (Å²) in [5.41, 5.74) is 5.34. The van der Waals surface area contributed by atoms with Gasteiger partial charge in [-0.05, 0) is 19.8 Å². The van der Waals surface area contributed by atoms with Gasteiger partial charge in [-0.3, -0.25) is 14.4 Å². The van der Waals surface area contributed by atoms with Crippen LogP contribution in [0.5, 0.6) is 0 Å². The fourth-order valence-electron chi connectivity index (χ4n) is 1.88. The molecule has 0 saturated carbocycles. The molecule has 5 unspecified atom stereocenters. The standard InChI is InChI=1S/C15H28N4O6/c1-5-7(2)11(15(24)25)19-14(23)12(9(4)20)18-10(21)6-17-13(22)8(3)16/h7-9,11-12,20H,5-6,16H2,1-4H3,(H,17,22)(H,18,21)(H,19,23)(H,24,25). The summed E-state index contributed by atoms with van der Waals surface area (Å²) in [4.78, 5) is 46.7. The van der Waals surface area contributed by atoms with Crippen molar-refractivity contribution >= 4 is 23.7 Å². The van der Waals surface area contributed by atoms with Crippen molar-refractivity contribution in [2.24, 2.45) is 11.7 Å². The highest BCUT2D eigenvalue weighted by atomic mass is 16.4. The lowest BCUT2D eigenvalue weighted by molar-refractivity contribution is -0.144. The molecule has 10 heteroatoms. The first kappa shape index (κ1) is 22.8. The van der Waals surface area contributed by atoms with E-state index < -0.39 is 54.5 Å². The summed E-state index contributed by atoms with van der Waals surface area (Å²) in [5.74, 6) is -3.63. The summed E-state index contributed by atoms with van der Waals surface area (Å²) in [6, 6.07) is -3.30. The van der Waals surface area contributed by atoms with E-state index in [2.05, 4.69) is 16.0 Å². The number of carboxylic acids is 1. The van der Waals surface area contributed by atoms with Crippen molar-refractivity contribution < 1.29 is 29.4 Å². The molecule has 0 aliphatic heterocycles. The Hall–Kier alpha value is -2.20. The number of aliphatic carboxylic acids is 1. The number of hydrogen-bond acceptors (Lipinski definition) is 6. The summed E-state index contributed by atoms with van der Waals surface area (Å²) in [7, 11) is 0. The molecule has 0 aromatic carbocycles. The van der Waals surface area contributed by atoms with Crippen LogP contribution in [0.1, 0.15) is 34.1 Å². The van der Waals surface area contributed by atoms with Gasteiger partial charge in [0.1, 0.15) is 12.1 Å². The molecular formula is C15H28N4O6. The third-order valence-corrected chi connectivity index (χ3v) is 3.69. The molecular weight excluding hydrogens is 332 g/mol. The smallest absolute Gasteiger partial charge is 0.326 e. The molecule has 144 valence electrons. The van der Waals surface area contributed by atoms with Crippen LogP contribution in [0, 0.1) is 5.92 Å². The molecule has 0 aliphatic carbocycles. The molecule has 0 heterocycles. The van der Waals surface area contributed by atoms with E-state index in [0.717, 1.165) is 0 Å². The second kappa shape index (κ2) is 10.6. The summed E-state index contributed by atoms with van der Waals surface area (Å²) in [6.45, 7) is 5.75. The van der Waals surface area contributed by atoms with Gasteiger partial charge in [0, 0.05) is 0 Å². The third kappa shape index (κ3) is 7.94. The van der Waals surface area contributed by atoms with Crippen LogP contribution in [0.4, 0.5) is 0 Å². The van der Waals surface area contributed by atoms with E-state index >= 15 is 0 Å². The second-order valence-corrected chi connectivity index (χ2v) is 6.00. The summed E-state index contributed by atoms with van der Waals surface area (Å²) >= 11 is 0. The first-order valence-corrected chi connectivity index (χ1v) is 8.05. The Kier molecular flexibility index (Phi) is 9.69. The van der Waals surface area contributed by atoms with Gasteiger partial charge in [0.15, 0.2) is 0 Å². The number of nitrogens with two attached hydrogens (primary N) is 1. The van der Waals surface area contributed by atoms with E-state index in [1.54, 1.807) is 13.8 Å². The number of hydrogen-bond donors (Lipinski definition) is 6. The van der Waals surface area contributed by atoms with E-state index in [1.165, 1.54) is 13.8 Å². The molecule has 0 spiro atoms. The van der Waals surface area contributed by atoms with Crippen molar-refractivity contribution in [1.82, 2.24) is 16.0 Å². The number of aliphatic hydroxyl groups is 1. The van der Waals surface area contributed by atoms with Gasteiger partial charge >= 0.3 is 5.97 Å². The van der Waals surface area contributed by atoms with Crippen LogP contribution in [0.25, 0.3) is 0 Å². The van der Waals surface area contributed by atoms with Gasteiger partial charge in [0.05, 0.1) is 18.7 Å². The zero-order chi connectivity index (χ0) is 19.7. The molecule has 0 fully saturated rings. The predicted molar refractivity (Wildman–Crippen MR) is 89.3 cm³/mol. The van der Waals surface area contributed by atoms with Gasteiger partial charge in [-0.2, -0.15) is 0 Å². The van der Waals surface area contributed by atoms with Crippen LogP contribution in [0.2, 0.25) is 0 Å². The van der Waals surface area contributed by atoms with Crippen LogP contribution in [0.15, 0.2) is 0 Å². The normalized spacial score (nSPS) is 16.7. The Morgan fingerprint density at radius 1 is 1.00 bits per heavy atom. The maximum absolute atomic E-state index is 12.2. The maximum atomic E-state index is 12.2. The number of carbonyl (C=O) groups is 4. The third-order valence-electron chi connectivity index (χ3n) is 3.69. The van der Waals surface area contributed by atoms with Gasteiger partial charge in [-0.15, -0.1) is 0 Å². The predicted octanol–water partition coefficient (Wildman–Crippen LogP) is -2.07. The Morgan fingerprint density at radius 3 is 1.96 bits per heavy atom. The number of carboxylic acid groups (broad SMARTS) is 1. The van der Waals surface area contributed by atoms with Gasteiger partial charge < -0.3 is 31.9 Å². The van der Waals surface area contributed by atoms with Crippen molar-refractivity contribution in [3.63, 3.8) is 0 Å². The minimum Gasteiger partial charge on any atom is -0.480 e. The summed E-state index contributed by atoms with van der Waals surface area (Å²) in [6.07, 6.45) is -0.744. The molecule has 25 heavy (non-hydrogen) atoms. The molecule has 7 N–H and O–H groups in total.